The molecule has 1 fully saturated rings. The van der Waals surface area contributed by atoms with Crippen LogP contribution >= 0.6 is 22.9 Å². The van der Waals surface area contributed by atoms with E-state index in [1.54, 1.807) is 0 Å². The molecule has 112 valence electrons. The molecule has 0 aromatic carbocycles. The van der Waals surface area contributed by atoms with Gasteiger partial charge in [0.25, 0.3) is 0 Å². The van der Waals surface area contributed by atoms with Crippen molar-refractivity contribution in [3.05, 3.63) is 21.4 Å². The third-order valence-corrected chi connectivity index (χ3v) is 6.47. The van der Waals surface area contributed by atoms with Crippen molar-refractivity contribution in [2.45, 2.75) is 58.8 Å². The fourth-order valence-corrected chi connectivity index (χ4v) is 5.06. The lowest BCUT2D eigenvalue weighted by Gasteiger charge is -2.33. The maximum absolute atomic E-state index is 6.49. The molecular formula is C17H21ClN2S. The van der Waals surface area contributed by atoms with Gasteiger partial charge in [-0.1, -0.05) is 32.4 Å². The Bertz CT molecular complexity index is 710. The van der Waals surface area contributed by atoms with Crippen molar-refractivity contribution in [3.63, 3.8) is 0 Å². The van der Waals surface area contributed by atoms with Crippen LogP contribution in [0.15, 0.2) is 0 Å². The summed E-state index contributed by atoms with van der Waals surface area (Å²) in [7, 11) is 0. The molecule has 0 radical (unpaired) electrons. The van der Waals surface area contributed by atoms with Gasteiger partial charge in [0.1, 0.15) is 15.8 Å². The van der Waals surface area contributed by atoms with Gasteiger partial charge in [-0.3, -0.25) is 0 Å². The molecule has 4 rings (SSSR count). The van der Waals surface area contributed by atoms with Crippen LogP contribution in [0.2, 0.25) is 5.15 Å². The highest BCUT2D eigenvalue weighted by atomic mass is 35.5. The van der Waals surface area contributed by atoms with Crippen LogP contribution in [-0.4, -0.2) is 9.97 Å². The Morgan fingerprint density at radius 2 is 1.90 bits per heavy atom. The number of hydrogen-bond donors (Lipinski definition) is 0. The van der Waals surface area contributed by atoms with Crippen molar-refractivity contribution >= 4 is 33.2 Å². The third kappa shape index (κ3) is 2.39. The summed E-state index contributed by atoms with van der Waals surface area (Å²) in [6.45, 7) is 7.07. The number of halogens is 1. The molecule has 21 heavy (non-hydrogen) atoms. The van der Waals surface area contributed by atoms with E-state index in [0.29, 0.717) is 16.5 Å². The van der Waals surface area contributed by atoms with Gasteiger partial charge in [-0.15, -0.1) is 11.3 Å². The van der Waals surface area contributed by atoms with E-state index in [-0.39, 0.29) is 0 Å². The van der Waals surface area contributed by atoms with Gasteiger partial charge < -0.3 is 0 Å². The Balaban J connectivity index is 1.79. The molecule has 0 spiro atoms. The van der Waals surface area contributed by atoms with Crippen LogP contribution in [0.3, 0.4) is 0 Å². The molecular weight excluding hydrogens is 300 g/mol. The van der Waals surface area contributed by atoms with E-state index in [0.717, 1.165) is 28.4 Å². The monoisotopic (exact) mass is 320 g/mol. The van der Waals surface area contributed by atoms with E-state index in [1.165, 1.54) is 36.1 Å². The van der Waals surface area contributed by atoms with Crippen LogP contribution in [0.5, 0.6) is 0 Å². The summed E-state index contributed by atoms with van der Waals surface area (Å²) in [6, 6.07) is 0. The zero-order chi connectivity index (χ0) is 14.8. The molecule has 2 heterocycles. The Morgan fingerprint density at radius 3 is 2.57 bits per heavy atom. The standard InChI is InChI=1S/C17H21ClN2S/c1-17(2,3)10-6-7-11-12(8-10)21-16-13(11)14(18)19-15(20-16)9-4-5-9/h9-10H,4-8H2,1-3H3/t10-/m1/s1. The highest BCUT2D eigenvalue weighted by Crippen LogP contribution is 2.46. The van der Waals surface area contributed by atoms with Crippen LogP contribution in [0.4, 0.5) is 0 Å². The highest BCUT2D eigenvalue weighted by molar-refractivity contribution is 7.19. The summed E-state index contributed by atoms with van der Waals surface area (Å²) in [5, 5.41) is 1.84. The third-order valence-electron chi connectivity index (χ3n) is 5.05. The Kier molecular flexibility index (Phi) is 3.10. The zero-order valence-electron chi connectivity index (χ0n) is 12.9. The molecule has 2 aliphatic carbocycles. The maximum atomic E-state index is 6.49. The first-order valence-corrected chi connectivity index (χ1v) is 9.10. The van der Waals surface area contributed by atoms with Gasteiger partial charge in [0.05, 0.1) is 5.39 Å². The number of nitrogens with zero attached hydrogens (tertiary/aromatic N) is 2. The van der Waals surface area contributed by atoms with Crippen molar-refractivity contribution in [2.75, 3.05) is 0 Å². The molecule has 0 aliphatic heterocycles. The van der Waals surface area contributed by atoms with Gasteiger partial charge in [0.2, 0.25) is 0 Å². The number of aromatic nitrogens is 2. The van der Waals surface area contributed by atoms with Gasteiger partial charge in [-0.2, -0.15) is 0 Å². The van der Waals surface area contributed by atoms with Crippen LogP contribution in [0.25, 0.3) is 10.2 Å². The topological polar surface area (TPSA) is 25.8 Å². The minimum absolute atomic E-state index is 0.377. The first kappa shape index (κ1) is 14.0. The van der Waals surface area contributed by atoms with Crippen molar-refractivity contribution in [3.8, 4) is 0 Å². The number of thiophene rings is 1. The summed E-state index contributed by atoms with van der Waals surface area (Å²) in [4.78, 5) is 12.0. The lowest BCUT2D eigenvalue weighted by atomic mass is 9.72. The van der Waals surface area contributed by atoms with Crippen molar-refractivity contribution in [1.82, 2.24) is 9.97 Å². The molecule has 2 aliphatic rings. The van der Waals surface area contributed by atoms with Crippen LogP contribution in [-0.2, 0) is 12.8 Å². The SMILES string of the molecule is CC(C)(C)[C@@H]1CCc2c(sc3nc(C4CC4)nc(Cl)c23)C1. The van der Waals surface area contributed by atoms with Crippen molar-refractivity contribution in [2.24, 2.45) is 11.3 Å². The molecule has 2 nitrogen and oxygen atoms in total. The number of aryl methyl sites for hydroxylation is 1. The van der Waals surface area contributed by atoms with E-state index >= 15 is 0 Å². The molecule has 2 aromatic rings. The Labute approximate surface area is 134 Å². The van der Waals surface area contributed by atoms with Gasteiger partial charge in [-0.25, -0.2) is 9.97 Å². The molecule has 0 saturated heterocycles. The normalized spacial score (nSPS) is 22.6. The van der Waals surface area contributed by atoms with Crippen LogP contribution in [0.1, 0.15) is 62.2 Å². The molecule has 0 N–H and O–H groups in total. The molecule has 2 aromatic heterocycles. The maximum Gasteiger partial charge on any atom is 0.141 e. The predicted molar refractivity (Wildman–Crippen MR) is 89.4 cm³/mol. The molecule has 1 saturated carbocycles. The summed E-state index contributed by atoms with van der Waals surface area (Å²) < 4.78 is 0. The lowest BCUT2D eigenvalue weighted by Crippen LogP contribution is -2.26. The average Bonchev–Trinajstić information content (AvgIpc) is 3.17. The van der Waals surface area contributed by atoms with Gasteiger partial charge in [0.15, 0.2) is 0 Å². The zero-order valence-corrected chi connectivity index (χ0v) is 14.4. The first-order chi connectivity index (χ1) is 9.93. The summed E-state index contributed by atoms with van der Waals surface area (Å²) in [5.41, 5.74) is 1.81. The largest absolute Gasteiger partial charge is 0.222 e. The fraction of sp³-hybridized carbons (Fsp3) is 0.647. The fourth-order valence-electron chi connectivity index (χ4n) is 3.41. The van der Waals surface area contributed by atoms with Crippen LogP contribution < -0.4 is 0 Å². The minimum atomic E-state index is 0.377. The predicted octanol–water partition coefficient (Wildman–Crippen LogP) is 5.37. The second kappa shape index (κ2) is 4.66. The average molecular weight is 321 g/mol. The Morgan fingerprint density at radius 1 is 1.14 bits per heavy atom. The van der Waals surface area contributed by atoms with E-state index < -0.39 is 0 Å². The second-order valence-electron chi connectivity index (χ2n) is 7.64. The molecule has 0 bridgehead atoms. The van der Waals surface area contributed by atoms with Crippen molar-refractivity contribution < 1.29 is 0 Å². The summed E-state index contributed by atoms with van der Waals surface area (Å²) >= 11 is 8.35. The number of hydrogen-bond acceptors (Lipinski definition) is 3. The van der Waals surface area contributed by atoms with E-state index in [2.05, 4.69) is 25.8 Å². The minimum Gasteiger partial charge on any atom is -0.222 e. The summed E-state index contributed by atoms with van der Waals surface area (Å²) in [5.74, 6) is 2.29. The van der Waals surface area contributed by atoms with Crippen molar-refractivity contribution in [1.29, 1.82) is 0 Å². The number of fused-ring (bicyclic) bond motifs is 3. The molecule has 1 atom stereocenters. The molecule has 4 heteroatoms. The quantitative estimate of drug-likeness (QED) is 0.660. The molecule has 0 unspecified atom stereocenters. The van der Waals surface area contributed by atoms with E-state index in [9.17, 15) is 0 Å². The Hall–Kier alpha value is -0.670. The van der Waals surface area contributed by atoms with Gasteiger partial charge in [0, 0.05) is 10.8 Å². The summed E-state index contributed by atoms with van der Waals surface area (Å²) in [6.07, 6.45) is 6.00. The van der Waals surface area contributed by atoms with Gasteiger partial charge >= 0.3 is 0 Å². The second-order valence-corrected chi connectivity index (χ2v) is 9.08. The smallest absolute Gasteiger partial charge is 0.141 e. The highest BCUT2D eigenvalue weighted by Gasteiger charge is 2.33. The number of rotatable bonds is 1. The van der Waals surface area contributed by atoms with Gasteiger partial charge in [-0.05, 0) is 49.0 Å². The lowest BCUT2D eigenvalue weighted by molar-refractivity contribution is 0.218. The first-order valence-electron chi connectivity index (χ1n) is 7.91. The molecule has 0 amide bonds. The van der Waals surface area contributed by atoms with E-state index in [1.807, 2.05) is 11.3 Å². The van der Waals surface area contributed by atoms with Crippen LogP contribution in [0, 0.1) is 11.3 Å². The van der Waals surface area contributed by atoms with E-state index in [4.69, 9.17) is 16.6 Å².